The number of rotatable bonds is 6. The minimum atomic E-state index is -0.566. The number of piperidine rings is 1. The number of carbonyl (C=O) groups is 2. The van der Waals surface area contributed by atoms with E-state index in [1.807, 2.05) is 49.1 Å². The van der Waals surface area contributed by atoms with Gasteiger partial charge in [-0.1, -0.05) is 35.5 Å². The molecule has 1 aliphatic rings. The van der Waals surface area contributed by atoms with Crippen LogP contribution in [0.2, 0.25) is 0 Å². The van der Waals surface area contributed by atoms with E-state index in [2.05, 4.69) is 10.3 Å². The van der Waals surface area contributed by atoms with Crippen LogP contribution in [-0.2, 0) is 20.9 Å². The van der Waals surface area contributed by atoms with Gasteiger partial charge in [-0.15, -0.1) is 5.10 Å². The van der Waals surface area contributed by atoms with Crippen LogP contribution in [0.5, 0.6) is 0 Å². The van der Waals surface area contributed by atoms with Gasteiger partial charge in [-0.25, -0.2) is 9.48 Å². The molecular weight excluding hydrogens is 356 g/mol. The van der Waals surface area contributed by atoms with Gasteiger partial charge in [0.05, 0.1) is 12.7 Å². The van der Waals surface area contributed by atoms with Gasteiger partial charge < -0.3 is 9.64 Å². The fraction of sp³-hybridized carbons (Fsp3) is 0.429. The van der Waals surface area contributed by atoms with Gasteiger partial charge in [0.2, 0.25) is 0 Å². The summed E-state index contributed by atoms with van der Waals surface area (Å²) in [6.45, 7) is 4.44. The molecule has 148 valence electrons. The summed E-state index contributed by atoms with van der Waals surface area (Å²) >= 11 is 0. The van der Waals surface area contributed by atoms with E-state index in [0.29, 0.717) is 12.2 Å². The highest BCUT2D eigenvalue weighted by atomic mass is 16.5. The summed E-state index contributed by atoms with van der Waals surface area (Å²) < 4.78 is 6.80. The van der Waals surface area contributed by atoms with Crippen molar-refractivity contribution < 1.29 is 14.3 Å². The van der Waals surface area contributed by atoms with Crippen molar-refractivity contribution in [3.05, 3.63) is 53.9 Å². The second kappa shape index (κ2) is 9.30. The molecule has 28 heavy (non-hydrogen) atoms. The second-order valence-corrected chi connectivity index (χ2v) is 7.20. The number of carbonyl (C=O) groups excluding carboxylic acids is 2. The van der Waals surface area contributed by atoms with Crippen LogP contribution in [-0.4, -0.2) is 50.5 Å². The van der Waals surface area contributed by atoms with E-state index in [-0.39, 0.29) is 24.6 Å². The maximum absolute atomic E-state index is 12.4. The molecule has 1 aromatic heterocycles. The largest absolute Gasteiger partial charge is 0.452 e. The summed E-state index contributed by atoms with van der Waals surface area (Å²) in [5.41, 5.74) is 1.67. The Morgan fingerprint density at radius 2 is 1.89 bits per heavy atom. The number of esters is 1. The number of ether oxygens (including phenoxy) is 1. The first-order valence-corrected chi connectivity index (χ1v) is 9.63. The zero-order chi connectivity index (χ0) is 19.9. The van der Waals surface area contributed by atoms with E-state index < -0.39 is 5.97 Å². The Morgan fingerprint density at radius 1 is 1.18 bits per heavy atom. The molecular formula is C21H26N4O3. The van der Waals surface area contributed by atoms with Gasteiger partial charge in [0, 0.05) is 18.2 Å². The molecule has 0 N–H and O–H groups in total. The van der Waals surface area contributed by atoms with Crippen molar-refractivity contribution in [1.82, 2.24) is 19.9 Å². The van der Waals surface area contributed by atoms with E-state index >= 15 is 0 Å². The summed E-state index contributed by atoms with van der Waals surface area (Å²) in [5.74, 6) is -0.710. The number of hydrogen-bond donors (Lipinski definition) is 0. The van der Waals surface area contributed by atoms with E-state index in [1.54, 1.807) is 10.9 Å². The third-order valence-electron chi connectivity index (χ3n) is 4.95. The predicted molar refractivity (Wildman–Crippen MR) is 105 cm³/mol. The summed E-state index contributed by atoms with van der Waals surface area (Å²) in [4.78, 5) is 26.1. The van der Waals surface area contributed by atoms with Crippen molar-refractivity contribution in [1.29, 1.82) is 0 Å². The topological polar surface area (TPSA) is 77.3 Å². The summed E-state index contributed by atoms with van der Waals surface area (Å²) in [6, 6.07) is 10.3. The fourth-order valence-electron chi connectivity index (χ4n) is 3.56. The quantitative estimate of drug-likeness (QED) is 0.567. The van der Waals surface area contributed by atoms with Crippen molar-refractivity contribution in [3.8, 4) is 0 Å². The molecule has 2 aromatic rings. The average molecular weight is 382 g/mol. The lowest BCUT2D eigenvalue weighted by atomic mass is 9.97. The van der Waals surface area contributed by atoms with Crippen LogP contribution in [0.15, 0.2) is 42.6 Å². The molecule has 0 aliphatic carbocycles. The average Bonchev–Trinajstić information content (AvgIpc) is 3.12. The number of amides is 1. The third kappa shape index (κ3) is 5.28. The molecule has 7 nitrogen and oxygen atoms in total. The summed E-state index contributed by atoms with van der Waals surface area (Å²) in [6.07, 6.45) is 7.66. The molecule has 3 rings (SSSR count). The maximum Gasteiger partial charge on any atom is 0.331 e. The monoisotopic (exact) mass is 382 g/mol. The Bertz CT molecular complexity index is 821. The van der Waals surface area contributed by atoms with Crippen LogP contribution < -0.4 is 0 Å². The fourth-order valence-corrected chi connectivity index (χ4v) is 3.56. The van der Waals surface area contributed by atoms with Crippen molar-refractivity contribution in [2.75, 3.05) is 6.61 Å². The molecule has 1 saturated heterocycles. The molecule has 0 unspecified atom stereocenters. The predicted octanol–water partition coefficient (Wildman–Crippen LogP) is 2.67. The molecule has 2 atom stereocenters. The van der Waals surface area contributed by atoms with Gasteiger partial charge in [0.1, 0.15) is 5.69 Å². The van der Waals surface area contributed by atoms with Crippen molar-refractivity contribution in [2.24, 2.45) is 0 Å². The lowest BCUT2D eigenvalue weighted by Gasteiger charge is -2.38. The summed E-state index contributed by atoms with van der Waals surface area (Å²) in [7, 11) is 0. The molecule has 1 fully saturated rings. The van der Waals surface area contributed by atoms with Gasteiger partial charge in [0.15, 0.2) is 6.61 Å². The van der Waals surface area contributed by atoms with Crippen LogP contribution in [0.25, 0.3) is 6.08 Å². The van der Waals surface area contributed by atoms with Gasteiger partial charge >= 0.3 is 5.97 Å². The first-order chi connectivity index (χ1) is 13.5. The molecule has 1 aromatic carbocycles. The Balaban J connectivity index is 1.48. The molecule has 1 aliphatic heterocycles. The van der Waals surface area contributed by atoms with E-state index in [9.17, 15) is 9.59 Å². The first kappa shape index (κ1) is 19.8. The lowest BCUT2D eigenvalue weighted by Crippen LogP contribution is -2.49. The van der Waals surface area contributed by atoms with Crippen LogP contribution in [0.4, 0.5) is 0 Å². The van der Waals surface area contributed by atoms with E-state index in [4.69, 9.17) is 4.74 Å². The molecule has 0 radical (unpaired) electrons. The number of nitrogens with zero attached hydrogens (tertiary/aromatic N) is 4. The van der Waals surface area contributed by atoms with Crippen molar-refractivity contribution in [3.63, 3.8) is 0 Å². The van der Waals surface area contributed by atoms with Gasteiger partial charge in [0.25, 0.3) is 5.91 Å². The summed E-state index contributed by atoms with van der Waals surface area (Å²) in [5, 5.41) is 8.06. The Hall–Kier alpha value is -2.96. The highest BCUT2D eigenvalue weighted by Gasteiger charge is 2.29. The minimum Gasteiger partial charge on any atom is -0.452 e. The zero-order valence-corrected chi connectivity index (χ0v) is 16.3. The Labute approximate surface area is 165 Å². The zero-order valence-electron chi connectivity index (χ0n) is 16.3. The minimum absolute atomic E-state index is 0.143. The van der Waals surface area contributed by atoms with Gasteiger partial charge in [-0.05, 0) is 44.7 Å². The molecule has 1 amide bonds. The molecule has 2 heterocycles. The van der Waals surface area contributed by atoms with Crippen molar-refractivity contribution >= 4 is 18.0 Å². The van der Waals surface area contributed by atoms with Crippen LogP contribution >= 0.6 is 0 Å². The van der Waals surface area contributed by atoms with Crippen molar-refractivity contribution in [2.45, 2.75) is 51.7 Å². The Kier molecular flexibility index (Phi) is 6.57. The Morgan fingerprint density at radius 3 is 2.61 bits per heavy atom. The van der Waals surface area contributed by atoms with Gasteiger partial charge in [-0.2, -0.15) is 0 Å². The van der Waals surface area contributed by atoms with Crippen LogP contribution in [0.3, 0.4) is 0 Å². The van der Waals surface area contributed by atoms with E-state index in [0.717, 1.165) is 24.8 Å². The number of aromatic nitrogens is 3. The smallest absolute Gasteiger partial charge is 0.331 e. The number of benzene rings is 1. The number of hydrogen-bond acceptors (Lipinski definition) is 5. The molecule has 0 bridgehead atoms. The van der Waals surface area contributed by atoms with E-state index in [1.165, 1.54) is 12.2 Å². The first-order valence-electron chi connectivity index (χ1n) is 9.63. The SMILES string of the molecule is C[C@@H]1CCC[C@@H](C)N1C(=O)COC(=O)/C=C/c1cn(Cc2ccccc2)nn1. The van der Waals surface area contributed by atoms with Crippen LogP contribution in [0.1, 0.15) is 44.4 Å². The second-order valence-electron chi connectivity index (χ2n) is 7.20. The standard InChI is InChI=1S/C21H26N4O3/c1-16-7-6-8-17(2)25(16)20(26)15-28-21(27)12-11-19-14-24(23-22-19)13-18-9-4-3-5-10-18/h3-5,9-12,14,16-17H,6-8,13,15H2,1-2H3/b12-11+/t16-,17-/m1/s1. The number of likely N-dealkylation sites (tertiary alicyclic amines) is 1. The molecule has 7 heteroatoms. The maximum atomic E-state index is 12.4. The van der Waals surface area contributed by atoms with Gasteiger partial charge in [-0.3, -0.25) is 4.79 Å². The van der Waals surface area contributed by atoms with Crippen LogP contribution in [0, 0.1) is 0 Å². The highest BCUT2D eigenvalue weighted by molar-refractivity contribution is 5.89. The third-order valence-corrected chi connectivity index (χ3v) is 4.95. The molecule has 0 saturated carbocycles. The molecule has 0 spiro atoms. The highest BCUT2D eigenvalue weighted by Crippen LogP contribution is 2.22. The lowest BCUT2D eigenvalue weighted by molar-refractivity contribution is -0.151. The normalized spacial score (nSPS) is 19.7.